The molecule has 0 radical (unpaired) electrons. The van der Waals surface area contributed by atoms with Gasteiger partial charge in [-0.3, -0.25) is 14.7 Å². The highest BCUT2D eigenvalue weighted by Gasteiger charge is 2.43. The average Bonchev–Trinajstić information content (AvgIpc) is 3.16. The minimum atomic E-state index is 0.151. The minimum Gasteiger partial charge on any atom is -0.378 e. The lowest BCUT2D eigenvalue weighted by molar-refractivity contribution is -0.150. The van der Waals surface area contributed by atoms with Crippen LogP contribution in [0.1, 0.15) is 31.2 Å². The van der Waals surface area contributed by atoms with Crippen molar-refractivity contribution in [3.8, 4) is 0 Å². The van der Waals surface area contributed by atoms with E-state index in [9.17, 15) is 4.79 Å². The van der Waals surface area contributed by atoms with Gasteiger partial charge in [0, 0.05) is 63.6 Å². The van der Waals surface area contributed by atoms with E-state index in [4.69, 9.17) is 4.74 Å². The molecule has 130 valence electrons. The van der Waals surface area contributed by atoms with E-state index in [0.29, 0.717) is 11.8 Å². The summed E-state index contributed by atoms with van der Waals surface area (Å²) in [5.41, 5.74) is 1.25. The van der Waals surface area contributed by atoms with E-state index in [0.717, 1.165) is 65.0 Å². The van der Waals surface area contributed by atoms with Crippen molar-refractivity contribution >= 4 is 5.91 Å². The van der Waals surface area contributed by atoms with Crippen molar-refractivity contribution in [2.24, 2.45) is 11.8 Å². The van der Waals surface area contributed by atoms with E-state index in [1.54, 1.807) is 0 Å². The zero-order chi connectivity index (χ0) is 16.4. The van der Waals surface area contributed by atoms with Crippen molar-refractivity contribution in [2.75, 3.05) is 32.8 Å². The van der Waals surface area contributed by atoms with Crippen LogP contribution in [0, 0.1) is 11.8 Å². The first-order valence-corrected chi connectivity index (χ1v) is 9.33. The first kappa shape index (κ1) is 16.0. The van der Waals surface area contributed by atoms with Crippen molar-refractivity contribution in [1.29, 1.82) is 0 Å². The van der Waals surface area contributed by atoms with Gasteiger partial charge in [-0.05, 0) is 37.3 Å². The number of hydrogen-bond acceptors (Lipinski definition) is 4. The number of piperidine rings is 1. The van der Waals surface area contributed by atoms with Crippen LogP contribution in [0.2, 0.25) is 0 Å². The summed E-state index contributed by atoms with van der Waals surface area (Å²) in [7, 11) is 0. The molecule has 1 aromatic rings. The Bertz CT molecular complexity index is 559. The molecule has 0 N–H and O–H groups in total. The Kier molecular flexibility index (Phi) is 4.81. The smallest absolute Gasteiger partial charge is 0.226 e. The fourth-order valence-electron chi connectivity index (χ4n) is 4.56. The van der Waals surface area contributed by atoms with Gasteiger partial charge in [-0.1, -0.05) is 6.07 Å². The van der Waals surface area contributed by atoms with Crippen molar-refractivity contribution in [2.45, 2.75) is 38.3 Å². The fourth-order valence-corrected chi connectivity index (χ4v) is 4.56. The molecule has 3 aliphatic rings. The summed E-state index contributed by atoms with van der Waals surface area (Å²) in [6.45, 7) is 5.57. The Morgan fingerprint density at radius 2 is 2.12 bits per heavy atom. The lowest BCUT2D eigenvalue weighted by Crippen LogP contribution is -2.53. The molecule has 3 aliphatic heterocycles. The topological polar surface area (TPSA) is 45.7 Å². The summed E-state index contributed by atoms with van der Waals surface area (Å²) in [5.74, 6) is 0.879. The molecular weight excluding hydrogens is 302 g/mol. The van der Waals surface area contributed by atoms with Crippen molar-refractivity contribution < 1.29 is 9.53 Å². The van der Waals surface area contributed by atoms with Gasteiger partial charge < -0.3 is 9.64 Å². The van der Waals surface area contributed by atoms with Crippen LogP contribution < -0.4 is 0 Å². The second-order valence-corrected chi connectivity index (χ2v) is 7.39. The maximum absolute atomic E-state index is 13.0. The second-order valence-electron chi connectivity index (χ2n) is 7.39. The number of ether oxygens (including phenoxy) is 1. The number of pyridine rings is 1. The molecule has 3 saturated heterocycles. The van der Waals surface area contributed by atoms with Gasteiger partial charge in [0.05, 0.1) is 6.10 Å². The van der Waals surface area contributed by atoms with E-state index in [1.807, 2.05) is 18.5 Å². The molecule has 3 fully saturated rings. The number of carbonyl (C=O) groups is 1. The Morgan fingerprint density at radius 3 is 2.92 bits per heavy atom. The Labute approximate surface area is 144 Å². The Balaban J connectivity index is 1.44. The average molecular weight is 329 g/mol. The fraction of sp³-hybridized carbons (Fsp3) is 0.684. The Morgan fingerprint density at radius 1 is 1.25 bits per heavy atom. The molecule has 1 amide bonds. The number of aromatic nitrogens is 1. The molecule has 5 heteroatoms. The molecule has 1 aromatic heterocycles. The molecule has 5 nitrogen and oxygen atoms in total. The predicted octanol–water partition coefficient (Wildman–Crippen LogP) is 1.93. The van der Waals surface area contributed by atoms with Crippen LogP contribution in [-0.2, 0) is 16.1 Å². The third-order valence-electron chi connectivity index (χ3n) is 5.82. The molecule has 0 aliphatic carbocycles. The highest BCUT2D eigenvalue weighted by Crippen LogP contribution is 2.35. The number of carbonyl (C=O) groups excluding carboxylic acids is 1. The van der Waals surface area contributed by atoms with Crippen LogP contribution in [0.4, 0.5) is 0 Å². The highest BCUT2D eigenvalue weighted by atomic mass is 16.5. The van der Waals surface area contributed by atoms with Crippen LogP contribution in [0.25, 0.3) is 0 Å². The quantitative estimate of drug-likeness (QED) is 0.850. The normalized spacial score (nSPS) is 31.0. The van der Waals surface area contributed by atoms with E-state index in [-0.39, 0.29) is 12.0 Å². The number of amides is 1. The molecule has 4 rings (SSSR count). The van der Waals surface area contributed by atoms with Crippen LogP contribution in [0.3, 0.4) is 0 Å². The Hall–Kier alpha value is -1.46. The third-order valence-corrected chi connectivity index (χ3v) is 5.82. The van der Waals surface area contributed by atoms with Crippen molar-refractivity contribution in [3.05, 3.63) is 30.1 Å². The molecule has 3 atom stereocenters. The summed E-state index contributed by atoms with van der Waals surface area (Å²) in [6.07, 6.45) is 8.27. The molecule has 0 bridgehead atoms. The van der Waals surface area contributed by atoms with Crippen molar-refractivity contribution in [3.63, 3.8) is 0 Å². The van der Waals surface area contributed by atoms with Gasteiger partial charge in [0.15, 0.2) is 0 Å². The van der Waals surface area contributed by atoms with Gasteiger partial charge in [0.1, 0.15) is 0 Å². The van der Waals surface area contributed by atoms with Crippen molar-refractivity contribution in [1.82, 2.24) is 14.8 Å². The summed E-state index contributed by atoms with van der Waals surface area (Å²) in [6, 6.07) is 4.12. The summed E-state index contributed by atoms with van der Waals surface area (Å²) in [5, 5.41) is 0. The molecule has 4 heterocycles. The maximum Gasteiger partial charge on any atom is 0.226 e. The van der Waals surface area contributed by atoms with Gasteiger partial charge in [0.25, 0.3) is 0 Å². The third kappa shape index (κ3) is 3.33. The zero-order valence-electron chi connectivity index (χ0n) is 14.3. The van der Waals surface area contributed by atoms with E-state index in [2.05, 4.69) is 20.9 Å². The maximum atomic E-state index is 13.0. The molecular formula is C19H27N3O2. The number of likely N-dealkylation sites (tertiary alicyclic amines) is 2. The molecule has 24 heavy (non-hydrogen) atoms. The van der Waals surface area contributed by atoms with Crippen LogP contribution in [0.5, 0.6) is 0 Å². The first-order valence-electron chi connectivity index (χ1n) is 9.33. The molecule has 0 unspecified atom stereocenters. The van der Waals surface area contributed by atoms with Crippen LogP contribution in [0.15, 0.2) is 24.5 Å². The number of nitrogens with zero attached hydrogens (tertiary/aromatic N) is 3. The van der Waals surface area contributed by atoms with Crippen LogP contribution >= 0.6 is 0 Å². The van der Waals surface area contributed by atoms with E-state index in [1.165, 1.54) is 5.56 Å². The lowest BCUT2D eigenvalue weighted by Gasteiger charge is -2.45. The summed E-state index contributed by atoms with van der Waals surface area (Å²) < 4.78 is 6.01. The summed E-state index contributed by atoms with van der Waals surface area (Å²) in [4.78, 5) is 21.7. The number of fused-ring (bicyclic) bond motifs is 1. The highest BCUT2D eigenvalue weighted by molar-refractivity contribution is 5.79. The predicted molar refractivity (Wildman–Crippen MR) is 91.3 cm³/mol. The monoisotopic (exact) mass is 329 g/mol. The number of rotatable bonds is 3. The second kappa shape index (κ2) is 7.19. The first-order chi connectivity index (χ1) is 11.8. The van der Waals surface area contributed by atoms with Gasteiger partial charge >= 0.3 is 0 Å². The zero-order valence-corrected chi connectivity index (χ0v) is 14.3. The molecule has 0 spiro atoms. The standard InChI is InChI=1S/C19H27N3O2/c23-19(22-8-1-2-9-22)16-6-11-24-18-5-10-21(14-17(16)18)13-15-4-3-7-20-12-15/h3-4,7,12,16-18H,1-2,5-6,8-11,13-14H2/t16-,17-,18-/m1/s1. The van der Waals surface area contributed by atoms with E-state index >= 15 is 0 Å². The van der Waals surface area contributed by atoms with Crippen LogP contribution in [-0.4, -0.2) is 59.6 Å². The SMILES string of the molecule is O=C([C@@H]1CCO[C@@H]2CCN(Cc3cccnc3)C[C@@H]21)N1CCCC1. The van der Waals surface area contributed by atoms with E-state index < -0.39 is 0 Å². The summed E-state index contributed by atoms with van der Waals surface area (Å²) >= 11 is 0. The molecule has 0 saturated carbocycles. The van der Waals surface area contributed by atoms with Gasteiger partial charge in [-0.15, -0.1) is 0 Å². The largest absolute Gasteiger partial charge is 0.378 e. The van der Waals surface area contributed by atoms with Gasteiger partial charge in [-0.25, -0.2) is 0 Å². The van der Waals surface area contributed by atoms with Gasteiger partial charge in [-0.2, -0.15) is 0 Å². The molecule has 0 aromatic carbocycles. The lowest BCUT2D eigenvalue weighted by atomic mass is 9.78. The van der Waals surface area contributed by atoms with Gasteiger partial charge in [0.2, 0.25) is 5.91 Å². The minimum absolute atomic E-state index is 0.151. The number of hydrogen-bond donors (Lipinski definition) is 0.